The van der Waals surface area contributed by atoms with E-state index >= 15 is 0 Å². The molecule has 1 heterocycles. The van der Waals surface area contributed by atoms with Gasteiger partial charge in [-0.05, 0) is 55.5 Å². The lowest BCUT2D eigenvalue weighted by Gasteiger charge is -2.08. The van der Waals surface area contributed by atoms with E-state index in [1.165, 1.54) is 0 Å². The van der Waals surface area contributed by atoms with Gasteiger partial charge in [0.2, 0.25) is 0 Å². The summed E-state index contributed by atoms with van der Waals surface area (Å²) in [5.41, 5.74) is 4.29. The topological polar surface area (TPSA) is 81.1 Å². The molecule has 0 bridgehead atoms. The van der Waals surface area contributed by atoms with Crippen LogP contribution >= 0.6 is 0 Å². The molecule has 7 heteroatoms. The molecule has 0 spiro atoms. The number of carbonyl (C=O) groups is 1. The second-order valence-electron chi connectivity index (χ2n) is 6.66. The second kappa shape index (κ2) is 8.48. The number of benzene rings is 3. The molecule has 2 N–H and O–H groups in total. The van der Waals surface area contributed by atoms with Crippen LogP contribution in [0.3, 0.4) is 0 Å². The number of amides is 1. The molecular weight excluding hydrogens is 378 g/mol. The van der Waals surface area contributed by atoms with Gasteiger partial charge in [0.05, 0.1) is 18.5 Å². The predicted octanol–water partition coefficient (Wildman–Crippen LogP) is 4.58. The van der Waals surface area contributed by atoms with Gasteiger partial charge in [0.15, 0.2) is 5.69 Å². The molecule has 30 heavy (non-hydrogen) atoms. The molecule has 0 aliphatic rings. The van der Waals surface area contributed by atoms with Crippen molar-refractivity contribution in [1.29, 1.82) is 0 Å². The number of hydrogen-bond acceptors (Lipinski definition) is 5. The zero-order valence-corrected chi connectivity index (χ0v) is 16.7. The van der Waals surface area contributed by atoms with Crippen molar-refractivity contribution < 1.29 is 9.53 Å². The zero-order valence-electron chi connectivity index (χ0n) is 16.7. The van der Waals surface area contributed by atoms with Gasteiger partial charge < -0.3 is 15.4 Å². The third-order valence-corrected chi connectivity index (χ3v) is 4.61. The highest BCUT2D eigenvalue weighted by atomic mass is 16.5. The van der Waals surface area contributed by atoms with E-state index in [4.69, 9.17) is 4.74 Å². The maximum atomic E-state index is 12.7. The van der Waals surface area contributed by atoms with Gasteiger partial charge in [-0.1, -0.05) is 29.5 Å². The average molecular weight is 399 g/mol. The number of carbonyl (C=O) groups excluding carboxylic acids is 1. The highest BCUT2D eigenvalue weighted by Gasteiger charge is 2.17. The van der Waals surface area contributed by atoms with Crippen LogP contribution in [0.1, 0.15) is 16.2 Å². The van der Waals surface area contributed by atoms with Gasteiger partial charge in [0.25, 0.3) is 5.91 Å². The molecule has 1 amide bonds. The summed E-state index contributed by atoms with van der Waals surface area (Å²) in [5, 5.41) is 14.4. The van der Waals surface area contributed by atoms with Crippen molar-refractivity contribution in [3.05, 3.63) is 90.3 Å². The Balaban J connectivity index is 1.47. The molecule has 3 aromatic carbocycles. The molecule has 0 radical (unpaired) electrons. The molecule has 150 valence electrons. The lowest BCUT2D eigenvalue weighted by Crippen LogP contribution is -2.14. The molecule has 0 unspecified atom stereocenters. The van der Waals surface area contributed by atoms with Crippen LogP contribution in [0.4, 0.5) is 17.1 Å². The van der Waals surface area contributed by atoms with Gasteiger partial charge in [0, 0.05) is 23.1 Å². The molecule has 4 aromatic rings. The van der Waals surface area contributed by atoms with E-state index < -0.39 is 0 Å². The third kappa shape index (κ3) is 4.15. The molecule has 0 aliphatic heterocycles. The Labute approximate surface area is 174 Å². The molecular formula is C23H21N5O2. The number of aromatic nitrogens is 3. The SMILES string of the molecule is COc1cccc(-n2nnc(C(=O)Nc3ccc(Nc4ccccc4)cc3)c2C)c1. The maximum Gasteiger partial charge on any atom is 0.278 e. The highest BCUT2D eigenvalue weighted by molar-refractivity contribution is 6.03. The first-order valence-corrected chi connectivity index (χ1v) is 9.44. The largest absolute Gasteiger partial charge is 0.497 e. The number of ether oxygens (including phenoxy) is 1. The van der Waals surface area contributed by atoms with Crippen molar-refractivity contribution in [3.8, 4) is 11.4 Å². The minimum Gasteiger partial charge on any atom is -0.497 e. The van der Waals surface area contributed by atoms with Gasteiger partial charge in [-0.15, -0.1) is 5.10 Å². The van der Waals surface area contributed by atoms with Crippen LogP contribution in [-0.2, 0) is 0 Å². The van der Waals surface area contributed by atoms with Crippen molar-refractivity contribution >= 4 is 23.0 Å². The average Bonchev–Trinajstić information content (AvgIpc) is 3.17. The quantitative estimate of drug-likeness (QED) is 0.496. The lowest BCUT2D eigenvalue weighted by molar-refractivity contribution is 0.102. The van der Waals surface area contributed by atoms with E-state index in [1.54, 1.807) is 18.7 Å². The fourth-order valence-electron chi connectivity index (χ4n) is 3.04. The number of anilines is 3. The number of rotatable bonds is 6. The van der Waals surface area contributed by atoms with Gasteiger partial charge in [0.1, 0.15) is 5.75 Å². The van der Waals surface area contributed by atoms with Gasteiger partial charge >= 0.3 is 0 Å². The molecule has 0 saturated heterocycles. The van der Waals surface area contributed by atoms with E-state index in [0.717, 1.165) is 17.1 Å². The summed E-state index contributed by atoms with van der Waals surface area (Å²) in [6, 6.07) is 24.8. The summed E-state index contributed by atoms with van der Waals surface area (Å²) in [4.78, 5) is 12.7. The smallest absolute Gasteiger partial charge is 0.278 e. The van der Waals surface area contributed by atoms with Crippen LogP contribution in [0.2, 0.25) is 0 Å². The Bertz CT molecular complexity index is 1150. The number of para-hydroxylation sites is 1. The maximum absolute atomic E-state index is 12.7. The van der Waals surface area contributed by atoms with E-state index in [1.807, 2.05) is 78.9 Å². The van der Waals surface area contributed by atoms with E-state index in [0.29, 0.717) is 17.1 Å². The second-order valence-corrected chi connectivity index (χ2v) is 6.66. The lowest BCUT2D eigenvalue weighted by atomic mass is 10.2. The highest BCUT2D eigenvalue weighted by Crippen LogP contribution is 2.21. The first-order chi connectivity index (χ1) is 14.6. The van der Waals surface area contributed by atoms with Crippen LogP contribution in [-0.4, -0.2) is 28.0 Å². The number of nitrogens with zero attached hydrogens (tertiary/aromatic N) is 3. The van der Waals surface area contributed by atoms with Crippen molar-refractivity contribution in [2.45, 2.75) is 6.92 Å². The minimum absolute atomic E-state index is 0.268. The standard InChI is InChI=1S/C23H21N5O2/c1-16-22(26-27-28(16)20-9-6-10-21(15-20)30-2)23(29)25-19-13-11-18(12-14-19)24-17-7-4-3-5-8-17/h3-15,24H,1-2H3,(H,25,29). The van der Waals surface area contributed by atoms with Gasteiger partial charge in [-0.3, -0.25) is 4.79 Å². The zero-order chi connectivity index (χ0) is 20.9. The number of hydrogen-bond donors (Lipinski definition) is 2. The molecule has 1 aromatic heterocycles. The molecule has 7 nitrogen and oxygen atoms in total. The van der Waals surface area contributed by atoms with E-state index in [-0.39, 0.29) is 11.6 Å². The van der Waals surface area contributed by atoms with E-state index in [9.17, 15) is 4.79 Å². The number of methoxy groups -OCH3 is 1. The molecule has 0 fully saturated rings. The summed E-state index contributed by atoms with van der Waals surface area (Å²) in [7, 11) is 1.60. The first kappa shape index (κ1) is 19.2. The van der Waals surface area contributed by atoms with Crippen LogP contribution < -0.4 is 15.4 Å². The summed E-state index contributed by atoms with van der Waals surface area (Å²) in [5.74, 6) is 0.392. The van der Waals surface area contributed by atoms with E-state index in [2.05, 4.69) is 20.9 Å². The minimum atomic E-state index is -0.314. The van der Waals surface area contributed by atoms with Crippen molar-refractivity contribution in [2.24, 2.45) is 0 Å². The van der Waals surface area contributed by atoms with Gasteiger partial charge in [-0.25, -0.2) is 4.68 Å². The normalized spacial score (nSPS) is 10.5. The molecule has 4 rings (SSSR count). The number of nitrogens with one attached hydrogen (secondary N) is 2. The summed E-state index contributed by atoms with van der Waals surface area (Å²) in [6.07, 6.45) is 0. The summed E-state index contributed by atoms with van der Waals surface area (Å²) >= 11 is 0. The summed E-state index contributed by atoms with van der Waals surface area (Å²) < 4.78 is 6.87. The third-order valence-electron chi connectivity index (χ3n) is 4.61. The van der Waals surface area contributed by atoms with Crippen LogP contribution in [0.5, 0.6) is 5.75 Å². The van der Waals surface area contributed by atoms with Crippen LogP contribution in [0.15, 0.2) is 78.9 Å². The Morgan fingerprint density at radius 3 is 2.33 bits per heavy atom. The fraction of sp³-hybridized carbons (Fsp3) is 0.0870. The van der Waals surface area contributed by atoms with Gasteiger partial charge in [-0.2, -0.15) is 0 Å². The monoisotopic (exact) mass is 399 g/mol. The molecule has 0 aliphatic carbocycles. The van der Waals surface area contributed by atoms with Crippen LogP contribution in [0.25, 0.3) is 5.69 Å². The first-order valence-electron chi connectivity index (χ1n) is 9.44. The Morgan fingerprint density at radius 2 is 1.60 bits per heavy atom. The summed E-state index contributed by atoms with van der Waals surface area (Å²) in [6.45, 7) is 1.81. The van der Waals surface area contributed by atoms with Crippen LogP contribution in [0, 0.1) is 6.92 Å². The van der Waals surface area contributed by atoms with Crippen molar-refractivity contribution in [2.75, 3.05) is 17.7 Å². The van der Waals surface area contributed by atoms with Crippen molar-refractivity contribution in [3.63, 3.8) is 0 Å². The molecule has 0 atom stereocenters. The Hall–Kier alpha value is -4.13. The fourth-order valence-corrected chi connectivity index (χ4v) is 3.04. The Morgan fingerprint density at radius 1 is 0.900 bits per heavy atom. The van der Waals surface area contributed by atoms with Crippen molar-refractivity contribution in [1.82, 2.24) is 15.0 Å². The predicted molar refractivity (Wildman–Crippen MR) is 117 cm³/mol. The Kier molecular flexibility index (Phi) is 5.43. The molecule has 0 saturated carbocycles.